The maximum absolute atomic E-state index is 10.6. The molecule has 0 spiro atoms. The van der Waals surface area contributed by atoms with Crippen LogP contribution in [-0.2, 0) is 4.79 Å². The van der Waals surface area contributed by atoms with Crippen molar-refractivity contribution in [3.63, 3.8) is 0 Å². The molecule has 1 unspecified atom stereocenters. The van der Waals surface area contributed by atoms with Crippen molar-refractivity contribution in [2.24, 2.45) is 5.73 Å². The summed E-state index contributed by atoms with van der Waals surface area (Å²) < 4.78 is 11.0. The highest BCUT2D eigenvalue weighted by Gasteiger charge is 2.19. The molecule has 106 valence electrons. The van der Waals surface area contributed by atoms with Crippen molar-refractivity contribution < 1.29 is 19.4 Å². The summed E-state index contributed by atoms with van der Waals surface area (Å²) in [5.41, 5.74) is 6.80. The number of ether oxygens (including phenoxy) is 2. The van der Waals surface area contributed by atoms with Gasteiger partial charge < -0.3 is 20.3 Å². The van der Waals surface area contributed by atoms with Crippen LogP contribution in [0, 0.1) is 0 Å². The Bertz CT molecular complexity index is 431. The summed E-state index contributed by atoms with van der Waals surface area (Å²) in [6.45, 7) is 3.85. The summed E-state index contributed by atoms with van der Waals surface area (Å²) in [4.78, 5) is 10.6. The second-order valence-electron chi connectivity index (χ2n) is 4.58. The van der Waals surface area contributed by atoms with Gasteiger partial charge >= 0.3 is 5.97 Å². The smallest absolute Gasteiger partial charge is 0.303 e. The Morgan fingerprint density at radius 2 is 2.00 bits per heavy atom. The number of carboxylic acid groups (broad SMARTS) is 1. The van der Waals surface area contributed by atoms with Gasteiger partial charge in [0.25, 0.3) is 0 Å². The molecular weight excluding hydrogens is 246 g/mol. The summed E-state index contributed by atoms with van der Waals surface area (Å²) in [6, 6.07) is 5.01. The Morgan fingerprint density at radius 1 is 1.37 bits per heavy atom. The summed E-state index contributed by atoms with van der Waals surface area (Å²) in [7, 11) is 1.56. The molecule has 0 aliphatic heterocycles. The fourth-order valence-corrected chi connectivity index (χ4v) is 1.85. The minimum Gasteiger partial charge on any atom is -0.496 e. The van der Waals surface area contributed by atoms with Crippen LogP contribution in [-0.4, -0.2) is 24.3 Å². The maximum atomic E-state index is 10.6. The molecule has 3 N–H and O–H groups in total. The molecule has 0 aliphatic rings. The predicted octanol–water partition coefficient (Wildman–Crippen LogP) is 2.35. The topological polar surface area (TPSA) is 81.8 Å². The molecule has 5 heteroatoms. The Kier molecular flexibility index (Phi) is 5.63. The number of aliphatic carboxylic acids is 1. The molecule has 1 atom stereocenters. The van der Waals surface area contributed by atoms with Crippen LogP contribution in [0.15, 0.2) is 18.2 Å². The molecular formula is C14H21NO4. The third-order valence-corrected chi connectivity index (χ3v) is 2.65. The van der Waals surface area contributed by atoms with E-state index in [0.29, 0.717) is 17.9 Å². The van der Waals surface area contributed by atoms with Crippen LogP contribution in [0.25, 0.3) is 0 Å². The van der Waals surface area contributed by atoms with Crippen molar-refractivity contribution >= 4 is 5.97 Å². The molecule has 0 saturated heterocycles. The highest BCUT2D eigenvalue weighted by atomic mass is 16.5. The fourth-order valence-electron chi connectivity index (χ4n) is 1.85. The zero-order chi connectivity index (χ0) is 14.4. The van der Waals surface area contributed by atoms with Crippen LogP contribution in [0.2, 0.25) is 0 Å². The van der Waals surface area contributed by atoms with Gasteiger partial charge in [-0.2, -0.15) is 0 Å². The van der Waals surface area contributed by atoms with E-state index in [1.165, 1.54) is 0 Å². The lowest BCUT2D eigenvalue weighted by Gasteiger charge is -2.20. The van der Waals surface area contributed by atoms with Crippen molar-refractivity contribution in [3.05, 3.63) is 23.8 Å². The Labute approximate surface area is 113 Å². The minimum absolute atomic E-state index is 0.0116. The lowest BCUT2D eigenvalue weighted by molar-refractivity contribution is -0.137. The zero-order valence-electron chi connectivity index (χ0n) is 11.6. The first kappa shape index (κ1) is 15.3. The first-order valence-corrected chi connectivity index (χ1v) is 6.26. The van der Waals surface area contributed by atoms with Gasteiger partial charge in [0.2, 0.25) is 0 Å². The third kappa shape index (κ3) is 4.44. The molecule has 0 amide bonds. The number of benzene rings is 1. The van der Waals surface area contributed by atoms with Crippen molar-refractivity contribution in [2.75, 3.05) is 7.11 Å². The van der Waals surface area contributed by atoms with Crippen LogP contribution in [0.4, 0.5) is 0 Å². The van der Waals surface area contributed by atoms with Crippen LogP contribution >= 0.6 is 0 Å². The van der Waals surface area contributed by atoms with Crippen LogP contribution in [0.1, 0.15) is 38.3 Å². The molecule has 0 radical (unpaired) electrons. The minimum atomic E-state index is -0.864. The van der Waals surface area contributed by atoms with E-state index in [1.54, 1.807) is 13.2 Å². The van der Waals surface area contributed by atoms with Gasteiger partial charge in [0, 0.05) is 12.5 Å². The molecule has 0 saturated carbocycles. The Hall–Kier alpha value is -1.75. The Balaban J connectivity index is 3.02. The maximum Gasteiger partial charge on any atom is 0.303 e. The predicted molar refractivity (Wildman–Crippen MR) is 72.6 cm³/mol. The number of rotatable bonds is 7. The zero-order valence-corrected chi connectivity index (χ0v) is 11.6. The average Bonchev–Trinajstić information content (AvgIpc) is 2.34. The number of carboxylic acids is 1. The van der Waals surface area contributed by atoms with E-state index in [0.717, 1.165) is 5.56 Å². The van der Waals surface area contributed by atoms with Crippen LogP contribution in [0.3, 0.4) is 0 Å². The summed E-state index contributed by atoms with van der Waals surface area (Å²) >= 11 is 0. The average molecular weight is 267 g/mol. The lowest BCUT2D eigenvalue weighted by atomic mass is 10.0. The lowest BCUT2D eigenvalue weighted by Crippen LogP contribution is -2.16. The van der Waals surface area contributed by atoms with Crippen molar-refractivity contribution in [2.45, 2.75) is 38.8 Å². The molecule has 0 bridgehead atoms. The number of carbonyl (C=O) groups is 1. The highest BCUT2D eigenvalue weighted by molar-refractivity contribution is 5.66. The van der Waals surface area contributed by atoms with Crippen molar-refractivity contribution in [1.82, 2.24) is 0 Å². The molecule has 0 fully saturated rings. The van der Waals surface area contributed by atoms with Gasteiger partial charge in [0.15, 0.2) is 0 Å². The molecule has 1 aromatic rings. The van der Waals surface area contributed by atoms with Gasteiger partial charge in [-0.3, -0.25) is 4.79 Å². The second kappa shape index (κ2) is 6.99. The van der Waals surface area contributed by atoms with E-state index in [-0.39, 0.29) is 12.5 Å². The third-order valence-electron chi connectivity index (χ3n) is 2.65. The van der Waals surface area contributed by atoms with Crippen molar-refractivity contribution in [3.8, 4) is 11.5 Å². The molecule has 0 heterocycles. The summed E-state index contributed by atoms with van der Waals surface area (Å²) in [6.07, 6.45) is 0.363. The van der Waals surface area contributed by atoms with Gasteiger partial charge in [-0.15, -0.1) is 0 Å². The van der Waals surface area contributed by atoms with Gasteiger partial charge in [0.05, 0.1) is 18.8 Å². The van der Waals surface area contributed by atoms with E-state index in [4.69, 9.17) is 20.3 Å². The molecule has 0 aromatic heterocycles. The highest BCUT2D eigenvalue weighted by Crippen LogP contribution is 2.35. The van der Waals surface area contributed by atoms with Gasteiger partial charge in [0.1, 0.15) is 11.5 Å². The summed E-state index contributed by atoms with van der Waals surface area (Å²) in [5.74, 6) is 0.403. The van der Waals surface area contributed by atoms with Crippen LogP contribution < -0.4 is 15.2 Å². The SMILES string of the molecule is COc1cccc(OC(C)C)c1C(N)CCC(=O)O. The number of nitrogens with two attached hydrogens (primary N) is 1. The number of methoxy groups -OCH3 is 1. The monoisotopic (exact) mass is 267 g/mol. The van der Waals surface area contributed by atoms with E-state index in [1.807, 2.05) is 26.0 Å². The Morgan fingerprint density at radius 3 is 2.53 bits per heavy atom. The van der Waals surface area contributed by atoms with Gasteiger partial charge in [-0.05, 0) is 32.4 Å². The van der Waals surface area contributed by atoms with Gasteiger partial charge in [-0.25, -0.2) is 0 Å². The fraction of sp³-hybridized carbons (Fsp3) is 0.500. The molecule has 1 rings (SSSR count). The van der Waals surface area contributed by atoms with E-state index in [2.05, 4.69) is 0 Å². The normalized spacial score (nSPS) is 12.3. The molecule has 1 aromatic carbocycles. The number of hydrogen-bond acceptors (Lipinski definition) is 4. The quantitative estimate of drug-likeness (QED) is 0.792. The van der Waals surface area contributed by atoms with Crippen molar-refractivity contribution in [1.29, 1.82) is 0 Å². The first-order valence-electron chi connectivity index (χ1n) is 6.26. The molecule has 19 heavy (non-hydrogen) atoms. The standard InChI is InChI=1S/C14H21NO4/c1-9(2)19-12-6-4-5-11(18-3)14(12)10(15)7-8-13(16)17/h4-6,9-10H,7-8,15H2,1-3H3,(H,16,17). The van der Waals surface area contributed by atoms with E-state index in [9.17, 15) is 4.79 Å². The molecule has 5 nitrogen and oxygen atoms in total. The molecule has 0 aliphatic carbocycles. The largest absolute Gasteiger partial charge is 0.496 e. The summed E-state index contributed by atoms with van der Waals surface area (Å²) in [5, 5.41) is 8.73. The first-order chi connectivity index (χ1) is 8.95. The number of hydrogen-bond donors (Lipinski definition) is 2. The van der Waals surface area contributed by atoms with E-state index < -0.39 is 12.0 Å². The van der Waals surface area contributed by atoms with Crippen LogP contribution in [0.5, 0.6) is 11.5 Å². The second-order valence-corrected chi connectivity index (χ2v) is 4.58. The van der Waals surface area contributed by atoms with E-state index >= 15 is 0 Å². The van der Waals surface area contributed by atoms with Gasteiger partial charge in [-0.1, -0.05) is 6.07 Å².